The molecule has 0 radical (unpaired) electrons. The minimum Gasteiger partial charge on any atom is -0.381 e. The molecule has 26 heavy (non-hydrogen) atoms. The van der Waals surface area contributed by atoms with Gasteiger partial charge in [-0.2, -0.15) is 5.10 Å². The van der Waals surface area contributed by atoms with E-state index in [2.05, 4.69) is 25.2 Å². The average Bonchev–Trinajstić information content (AvgIpc) is 3.29. The zero-order valence-electron chi connectivity index (χ0n) is 14.4. The van der Waals surface area contributed by atoms with Gasteiger partial charge in [-0.1, -0.05) is 6.07 Å². The zero-order chi connectivity index (χ0) is 18.6. The number of hydrogen-bond donors (Lipinski definition) is 3. The summed E-state index contributed by atoms with van der Waals surface area (Å²) in [6, 6.07) is 5.91. The summed E-state index contributed by atoms with van der Waals surface area (Å²) >= 11 is 0. The molecule has 0 aliphatic carbocycles. The van der Waals surface area contributed by atoms with E-state index < -0.39 is 10.0 Å². The molecular formula is C16H21N5O4S. The van der Waals surface area contributed by atoms with Crippen LogP contribution in [0.5, 0.6) is 0 Å². The van der Waals surface area contributed by atoms with Crippen LogP contribution in [0, 0.1) is 12.8 Å². The van der Waals surface area contributed by atoms with Crippen LogP contribution >= 0.6 is 0 Å². The number of aromatic amines is 1. The van der Waals surface area contributed by atoms with Crippen LogP contribution in [0.1, 0.15) is 28.4 Å². The second-order valence-corrected chi connectivity index (χ2v) is 7.90. The molecule has 2 aromatic rings. The molecule has 3 N–H and O–H groups in total. The Morgan fingerprint density at radius 2 is 2.27 bits per heavy atom. The van der Waals surface area contributed by atoms with Gasteiger partial charge >= 0.3 is 0 Å². The number of sulfonamides is 1. The van der Waals surface area contributed by atoms with Gasteiger partial charge in [0.05, 0.1) is 18.0 Å². The lowest BCUT2D eigenvalue weighted by Crippen LogP contribution is -2.30. The third-order valence-electron chi connectivity index (χ3n) is 4.05. The second kappa shape index (κ2) is 7.94. The van der Waals surface area contributed by atoms with Gasteiger partial charge in [-0.15, -0.1) is 0 Å². The first kappa shape index (κ1) is 18.5. The van der Waals surface area contributed by atoms with Gasteiger partial charge < -0.3 is 10.1 Å². The van der Waals surface area contributed by atoms with Crippen molar-refractivity contribution in [3.05, 3.63) is 41.5 Å². The molecule has 140 valence electrons. The molecule has 2 heterocycles. The first-order chi connectivity index (χ1) is 12.4. The Bertz CT molecular complexity index is 874. The fourth-order valence-electron chi connectivity index (χ4n) is 2.60. The van der Waals surface area contributed by atoms with Crippen LogP contribution in [0.3, 0.4) is 0 Å². The summed E-state index contributed by atoms with van der Waals surface area (Å²) in [7, 11) is -3.78. The molecule has 1 atom stereocenters. The van der Waals surface area contributed by atoms with E-state index in [9.17, 15) is 13.2 Å². The Kier molecular flexibility index (Phi) is 5.64. The highest BCUT2D eigenvalue weighted by Gasteiger charge is 2.19. The highest BCUT2D eigenvalue weighted by Crippen LogP contribution is 2.14. The summed E-state index contributed by atoms with van der Waals surface area (Å²) in [4.78, 5) is 16.3. The first-order valence-corrected chi connectivity index (χ1v) is 9.76. The van der Waals surface area contributed by atoms with Crippen LogP contribution in [0.2, 0.25) is 0 Å². The fourth-order valence-corrected chi connectivity index (χ4v) is 3.62. The Hall–Kier alpha value is -2.30. The van der Waals surface area contributed by atoms with Crippen LogP contribution in [0.15, 0.2) is 29.2 Å². The van der Waals surface area contributed by atoms with E-state index in [1.807, 2.05) is 0 Å². The van der Waals surface area contributed by atoms with Crippen LogP contribution < -0.4 is 10.0 Å². The molecule has 10 heteroatoms. The van der Waals surface area contributed by atoms with Gasteiger partial charge in [0.1, 0.15) is 5.82 Å². The number of rotatable bonds is 7. The van der Waals surface area contributed by atoms with Crippen LogP contribution in [0.25, 0.3) is 0 Å². The van der Waals surface area contributed by atoms with Gasteiger partial charge in [-0.25, -0.2) is 18.1 Å². The smallest absolute Gasteiger partial charge is 0.251 e. The fraction of sp³-hybridized carbons (Fsp3) is 0.438. The Labute approximate surface area is 151 Å². The molecule has 1 aliphatic heterocycles. The molecule has 0 bridgehead atoms. The lowest BCUT2D eigenvalue weighted by molar-refractivity contribution is 0.0944. The lowest BCUT2D eigenvalue weighted by Gasteiger charge is -2.10. The maximum absolute atomic E-state index is 12.4. The van der Waals surface area contributed by atoms with Gasteiger partial charge in [0.15, 0.2) is 5.82 Å². The normalized spacial score (nSPS) is 17.3. The summed E-state index contributed by atoms with van der Waals surface area (Å²) in [6.45, 7) is 3.55. The van der Waals surface area contributed by atoms with Crippen molar-refractivity contribution >= 4 is 15.9 Å². The number of aromatic nitrogens is 3. The number of aryl methyl sites for hydroxylation is 1. The number of amides is 1. The van der Waals surface area contributed by atoms with Crippen LogP contribution in [-0.2, 0) is 21.3 Å². The third kappa shape index (κ3) is 4.65. The quantitative estimate of drug-likeness (QED) is 0.638. The molecule has 1 aliphatic rings. The number of nitrogens with one attached hydrogen (secondary N) is 3. The molecule has 1 fully saturated rings. The summed E-state index contributed by atoms with van der Waals surface area (Å²) in [5.74, 6) is 0.945. The van der Waals surface area contributed by atoms with Crippen LogP contribution in [0.4, 0.5) is 0 Å². The zero-order valence-corrected chi connectivity index (χ0v) is 15.2. The molecule has 1 aromatic carbocycles. The molecule has 1 saturated heterocycles. The highest BCUT2D eigenvalue weighted by atomic mass is 32.2. The Morgan fingerprint density at radius 3 is 2.96 bits per heavy atom. The van der Waals surface area contributed by atoms with E-state index in [0.29, 0.717) is 42.9 Å². The Balaban J connectivity index is 1.63. The number of nitrogens with zero attached hydrogens (tertiary/aromatic N) is 2. The standard InChI is InChI=1S/C16H21N5O4S/c1-11-19-15(21-20-11)9-18-26(23,24)14-4-2-3-13(7-14)16(22)17-8-12-5-6-25-10-12/h2-4,7,12,18H,5-6,8-10H2,1H3,(H,17,22)(H,19,20,21)/t12-/m1/s1. The van der Waals surface area contributed by atoms with Crippen molar-refractivity contribution in [3.8, 4) is 0 Å². The Morgan fingerprint density at radius 1 is 1.42 bits per heavy atom. The van der Waals surface area contributed by atoms with Gasteiger partial charge in [-0.3, -0.25) is 9.89 Å². The van der Waals surface area contributed by atoms with Crippen LogP contribution in [-0.4, -0.2) is 49.3 Å². The summed E-state index contributed by atoms with van der Waals surface area (Å²) in [6.07, 6.45) is 0.916. The van der Waals surface area contributed by atoms with Gasteiger partial charge in [0, 0.05) is 24.6 Å². The summed E-state index contributed by atoms with van der Waals surface area (Å²) < 4.78 is 32.6. The van der Waals surface area contributed by atoms with E-state index in [4.69, 9.17) is 4.74 Å². The topological polar surface area (TPSA) is 126 Å². The van der Waals surface area contributed by atoms with Crippen molar-refractivity contribution < 1.29 is 17.9 Å². The number of carbonyl (C=O) groups is 1. The van der Waals surface area contributed by atoms with E-state index in [0.717, 1.165) is 6.42 Å². The average molecular weight is 379 g/mol. The predicted molar refractivity (Wildman–Crippen MR) is 92.8 cm³/mol. The van der Waals surface area contributed by atoms with E-state index >= 15 is 0 Å². The van der Waals surface area contributed by atoms with Gasteiger partial charge in [0.25, 0.3) is 5.91 Å². The maximum atomic E-state index is 12.4. The molecule has 1 amide bonds. The highest BCUT2D eigenvalue weighted by molar-refractivity contribution is 7.89. The molecule has 3 rings (SSSR count). The van der Waals surface area contributed by atoms with Gasteiger partial charge in [-0.05, 0) is 31.5 Å². The summed E-state index contributed by atoms with van der Waals surface area (Å²) in [5.41, 5.74) is 0.292. The second-order valence-electron chi connectivity index (χ2n) is 6.13. The van der Waals surface area contributed by atoms with Crippen molar-refractivity contribution in [2.45, 2.75) is 24.8 Å². The molecule has 0 unspecified atom stereocenters. The number of benzene rings is 1. The van der Waals surface area contributed by atoms with Crippen molar-refractivity contribution in [2.24, 2.45) is 5.92 Å². The molecule has 0 spiro atoms. The monoisotopic (exact) mass is 379 g/mol. The van der Waals surface area contributed by atoms with Crippen molar-refractivity contribution in [1.82, 2.24) is 25.2 Å². The third-order valence-corrected chi connectivity index (χ3v) is 5.44. The number of carbonyl (C=O) groups excluding carboxylic acids is 1. The molecule has 1 aromatic heterocycles. The summed E-state index contributed by atoms with van der Waals surface area (Å²) in [5, 5.41) is 9.35. The van der Waals surface area contributed by atoms with Crippen molar-refractivity contribution in [1.29, 1.82) is 0 Å². The number of hydrogen-bond acceptors (Lipinski definition) is 6. The van der Waals surface area contributed by atoms with Crippen molar-refractivity contribution in [2.75, 3.05) is 19.8 Å². The minimum absolute atomic E-state index is 0.0154. The number of H-pyrrole nitrogens is 1. The van der Waals surface area contributed by atoms with Crippen molar-refractivity contribution in [3.63, 3.8) is 0 Å². The van der Waals surface area contributed by atoms with E-state index in [1.165, 1.54) is 12.1 Å². The molecular weight excluding hydrogens is 358 g/mol. The maximum Gasteiger partial charge on any atom is 0.251 e. The molecule has 9 nitrogen and oxygen atoms in total. The SMILES string of the molecule is Cc1nc(CNS(=O)(=O)c2cccc(C(=O)NC[C@H]3CCOC3)c2)n[nH]1. The largest absolute Gasteiger partial charge is 0.381 e. The number of ether oxygens (including phenoxy) is 1. The first-order valence-electron chi connectivity index (χ1n) is 8.27. The minimum atomic E-state index is -3.78. The molecule has 0 saturated carbocycles. The lowest BCUT2D eigenvalue weighted by atomic mass is 10.1. The van der Waals surface area contributed by atoms with E-state index in [1.54, 1.807) is 19.1 Å². The van der Waals surface area contributed by atoms with E-state index in [-0.39, 0.29) is 17.3 Å². The van der Waals surface area contributed by atoms with Gasteiger partial charge in [0.2, 0.25) is 10.0 Å². The predicted octanol–water partition coefficient (Wildman–Crippen LogP) is 0.358.